The fourth-order valence-electron chi connectivity index (χ4n) is 2.67. The fourth-order valence-corrected chi connectivity index (χ4v) is 3.32. The number of amides is 2. The number of ether oxygens (including phenoxy) is 2. The van der Waals surface area contributed by atoms with Crippen LogP contribution in [0.15, 0.2) is 48.5 Å². The van der Waals surface area contributed by atoms with Gasteiger partial charge in [0, 0.05) is 5.69 Å². The number of para-hydroxylation sites is 1. The van der Waals surface area contributed by atoms with Gasteiger partial charge in [0.15, 0.2) is 5.01 Å². The molecule has 2 N–H and O–H groups in total. The molecule has 0 saturated heterocycles. The Morgan fingerprint density at radius 3 is 2.59 bits per heavy atom. The molecule has 1 heterocycles. The van der Waals surface area contributed by atoms with Crippen molar-refractivity contribution in [2.24, 2.45) is 0 Å². The largest absolute Gasteiger partial charge is 0.497 e. The minimum Gasteiger partial charge on any atom is -0.497 e. The average molecular weight is 413 g/mol. The lowest BCUT2D eigenvalue weighted by Crippen LogP contribution is -2.19. The molecule has 0 saturated carbocycles. The van der Waals surface area contributed by atoms with Gasteiger partial charge in [-0.1, -0.05) is 43.4 Å². The molecule has 2 aromatic carbocycles. The maximum absolute atomic E-state index is 12.1. The number of anilines is 2. The Balaban J connectivity index is 1.55. The predicted octanol–water partition coefficient (Wildman–Crippen LogP) is 5.28. The number of carbonyl (C=O) groups excluding carboxylic acids is 1. The van der Waals surface area contributed by atoms with E-state index in [1.807, 2.05) is 18.2 Å². The van der Waals surface area contributed by atoms with Gasteiger partial charge in [-0.15, -0.1) is 10.2 Å². The molecular formula is C21H24N4O3S. The molecule has 0 aliphatic rings. The van der Waals surface area contributed by atoms with Crippen LogP contribution in [0.5, 0.6) is 11.5 Å². The van der Waals surface area contributed by atoms with Crippen molar-refractivity contribution in [3.8, 4) is 11.5 Å². The van der Waals surface area contributed by atoms with Gasteiger partial charge in [0.1, 0.15) is 18.1 Å². The molecule has 0 aliphatic carbocycles. The number of hydrogen-bond acceptors (Lipinski definition) is 6. The van der Waals surface area contributed by atoms with Crippen molar-refractivity contribution < 1.29 is 14.3 Å². The summed E-state index contributed by atoms with van der Waals surface area (Å²) in [5.41, 5.74) is 1.83. The molecule has 8 heteroatoms. The highest BCUT2D eigenvalue weighted by molar-refractivity contribution is 7.15. The molecule has 152 valence electrons. The van der Waals surface area contributed by atoms with Crippen LogP contribution in [0.3, 0.4) is 0 Å². The van der Waals surface area contributed by atoms with Crippen LogP contribution in [0.2, 0.25) is 0 Å². The highest BCUT2D eigenvalue weighted by atomic mass is 32.1. The molecule has 1 atom stereocenters. The number of carbonyl (C=O) groups is 1. The van der Waals surface area contributed by atoms with Gasteiger partial charge in [-0.05, 0) is 48.2 Å². The molecule has 0 radical (unpaired) electrons. The zero-order valence-electron chi connectivity index (χ0n) is 16.6. The topological polar surface area (TPSA) is 85.4 Å². The SMILES string of the molecule is CC[C@@H](C)c1ccccc1OCc1nnc(NC(=O)Nc2ccc(OC)cc2)s1. The van der Waals surface area contributed by atoms with Gasteiger partial charge in [-0.2, -0.15) is 0 Å². The summed E-state index contributed by atoms with van der Waals surface area (Å²) in [5.74, 6) is 1.99. The van der Waals surface area contributed by atoms with Gasteiger partial charge in [-0.3, -0.25) is 5.32 Å². The Hall–Kier alpha value is -3.13. The van der Waals surface area contributed by atoms with Crippen molar-refractivity contribution in [1.82, 2.24) is 10.2 Å². The number of aromatic nitrogens is 2. The molecule has 0 fully saturated rings. The van der Waals surface area contributed by atoms with E-state index in [2.05, 4.69) is 40.7 Å². The van der Waals surface area contributed by atoms with E-state index in [4.69, 9.17) is 9.47 Å². The average Bonchev–Trinajstić information content (AvgIpc) is 3.19. The molecule has 29 heavy (non-hydrogen) atoms. The molecule has 0 spiro atoms. The molecule has 1 aromatic heterocycles. The number of urea groups is 1. The number of nitrogens with zero attached hydrogens (tertiary/aromatic N) is 2. The number of rotatable bonds is 8. The predicted molar refractivity (Wildman–Crippen MR) is 115 cm³/mol. The first-order valence-corrected chi connectivity index (χ1v) is 10.2. The molecule has 0 aliphatic heterocycles. The second-order valence-electron chi connectivity index (χ2n) is 6.44. The van der Waals surface area contributed by atoms with Crippen molar-refractivity contribution in [3.05, 3.63) is 59.1 Å². The molecule has 3 rings (SSSR count). The zero-order chi connectivity index (χ0) is 20.6. The third kappa shape index (κ3) is 5.68. The van der Waals surface area contributed by atoms with Crippen LogP contribution >= 0.6 is 11.3 Å². The summed E-state index contributed by atoms with van der Waals surface area (Å²) in [7, 11) is 1.59. The maximum atomic E-state index is 12.1. The van der Waals surface area contributed by atoms with Crippen LogP contribution in [-0.2, 0) is 6.61 Å². The third-order valence-electron chi connectivity index (χ3n) is 4.45. The molecule has 3 aromatic rings. The molecule has 0 bridgehead atoms. The molecule has 2 amide bonds. The van der Waals surface area contributed by atoms with Crippen LogP contribution in [0.25, 0.3) is 0 Å². The third-order valence-corrected chi connectivity index (χ3v) is 5.26. The monoisotopic (exact) mass is 412 g/mol. The first-order chi connectivity index (χ1) is 14.1. The van der Waals surface area contributed by atoms with E-state index in [0.717, 1.165) is 17.9 Å². The fraction of sp³-hybridized carbons (Fsp3) is 0.286. The van der Waals surface area contributed by atoms with Crippen molar-refractivity contribution >= 4 is 28.2 Å². The number of benzene rings is 2. The maximum Gasteiger partial charge on any atom is 0.325 e. The summed E-state index contributed by atoms with van der Waals surface area (Å²) in [6.45, 7) is 4.63. The van der Waals surface area contributed by atoms with Crippen molar-refractivity contribution in [1.29, 1.82) is 0 Å². The van der Waals surface area contributed by atoms with E-state index in [1.54, 1.807) is 31.4 Å². The molecule has 0 unspecified atom stereocenters. The van der Waals surface area contributed by atoms with Crippen LogP contribution in [0, 0.1) is 0 Å². The second-order valence-corrected chi connectivity index (χ2v) is 7.51. The van der Waals surface area contributed by atoms with E-state index in [9.17, 15) is 4.79 Å². The Bertz CT molecular complexity index is 943. The van der Waals surface area contributed by atoms with E-state index in [-0.39, 0.29) is 6.03 Å². The minimum absolute atomic E-state index is 0.299. The number of nitrogens with one attached hydrogen (secondary N) is 2. The van der Waals surface area contributed by atoms with Gasteiger partial charge < -0.3 is 14.8 Å². The van der Waals surface area contributed by atoms with Crippen molar-refractivity contribution in [2.75, 3.05) is 17.7 Å². The summed E-state index contributed by atoms with van der Waals surface area (Å²) in [4.78, 5) is 12.1. The highest BCUT2D eigenvalue weighted by Crippen LogP contribution is 2.29. The zero-order valence-corrected chi connectivity index (χ0v) is 17.5. The van der Waals surface area contributed by atoms with Gasteiger partial charge in [0.2, 0.25) is 5.13 Å². The summed E-state index contributed by atoms with van der Waals surface area (Å²) in [5, 5.41) is 14.6. The van der Waals surface area contributed by atoms with Gasteiger partial charge >= 0.3 is 6.03 Å². The second kappa shape index (κ2) is 9.88. The first kappa shape index (κ1) is 20.6. The van der Waals surface area contributed by atoms with E-state index >= 15 is 0 Å². The summed E-state index contributed by atoms with van der Waals surface area (Å²) in [6, 6.07) is 14.7. The molecular weight excluding hydrogens is 388 g/mol. The van der Waals surface area contributed by atoms with E-state index in [0.29, 0.717) is 28.4 Å². The lowest BCUT2D eigenvalue weighted by molar-refractivity contribution is 0.262. The van der Waals surface area contributed by atoms with Crippen molar-refractivity contribution in [3.63, 3.8) is 0 Å². The number of hydrogen-bond donors (Lipinski definition) is 2. The normalized spacial score (nSPS) is 11.6. The summed E-state index contributed by atoms with van der Waals surface area (Å²) < 4.78 is 11.0. The van der Waals surface area contributed by atoms with E-state index in [1.165, 1.54) is 16.9 Å². The van der Waals surface area contributed by atoms with Crippen LogP contribution in [-0.4, -0.2) is 23.3 Å². The Morgan fingerprint density at radius 1 is 1.10 bits per heavy atom. The van der Waals surface area contributed by atoms with Gasteiger partial charge in [0.05, 0.1) is 7.11 Å². The smallest absolute Gasteiger partial charge is 0.325 e. The summed E-state index contributed by atoms with van der Waals surface area (Å²) in [6.07, 6.45) is 1.04. The molecule has 7 nitrogen and oxygen atoms in total. The van der Waals surface area contributed by atoms with Gasteiger partial charge in [-0.25, -0.2) is 4.79 Å². The lowest BCUT2D eigenvalue weighted by Gasteiger charge is -2.14. The highest BCUT2D eigenvalue weighted by Gasteiger charge is 2.12. The van der Waals surface area contributed by atoms with Crippen LogP contribution in [0.4, 0.5) is 15.6 Å². The van der Waals surface area contributed by atoms with Crippen LogP contribution < -0.4 is 20.1 Å². The summed E-state index contributed by atoms with van der Waals surface area (Å²) >= 11 is 1.28. The first-order valence-electron chi connectivity index (χ1n) is 9.35. The van der Waals surface area contributed by atoms with Crippen LogP contribution in [0.1, 0.15) is 36.8 Å². The number of methoxy groups -OCH3 is 1. The Labute approximate surface area is 174 Å². The minimum atomic E-state index is -0.388. The standard InChI is InChI=1S/C21H24N4O3S/c1-4-14(2)17-7-5-6-8-18(17)28-13-19-24-25-21(29-19)23-20(26)22-15-9-11-16(27-3)12-10-15/h5-12,14H,4,13H2,1-3H3,(H2,22,23,25,26)/t14-/m1/s1. The Kier molecular flexibility index (Phi) is 7.02. The quantitative estimate of drug-likeness (QED) is 0.525. The Morgan fingerprint density at radius 2 is 1.86 bits per heavy atom. The van der Waals surface area contributed by atoms with Gasteiger partial charge in [0.25, 0.3) is 0 Å². The lowest BCUT2D eigenvalue weighted by atomic mass is 9.98. The van der Waals surface area contributed by atoms with Crippen molar-refractivity contribution in [2.45, 2.75) is 32.8 Å². The van der Waals surface area contributed by atoms with E-state index < -0.39 is 0 Å².